The number of benzene rings is 1. The summed E-state index contributed by atoms with van der Waals surface area (Å²) in [6.07, 6.45) is 7.60. The lowest BCUT2D eigenvalue weighted by atomic mass is 9.99. The molecule has 0 saturated heterocycles. The summed E-state index contributed by atoms with van der Waals surface area (Å²) in [7, 11) is 0. The number of carbonyl (C=O) groups excluding carboxylic acids is 2. The molecule has 0 fully saturated rings. The summed E-state index contributed by atoms with van der Waals surface area (Å²) in [5.74, 6) is 0.498. The minimum absolute atomic E-state index is 0.0852. The second-order valence-electron chi connectivity index (χ2n) is 5.94. The average Bonchev–Trinajstić information content (AvgIpc) is 2.53. The molecular weight excluding hydrogens is 292 g/mol. The first-order valence-corrected chi connectivity index (χ1v) is 8.00. The summed E-state index contributed by atoms with van der Waals surface area (Å²) < 4.78 is 11.2. The summed E-state index contributed by atoms with van der Waals surface area (Å²) in [5.41, 5.74) is 1.22. The molecule has 0 unspecified atom stereocenters. The zero-order valence-corrected chi connectivity index (χ0v) is 12.9. The minimum Gasteiger partial charge on any atom is -0.494 e. The zero-order chi connectivity index (χ0) is 16.1. The molecule has 1 aromatic rings. The molecule has 2 atom stereocenters. The van der Waals surface area contributed by atoms with Crippen molar-refractivity contribution in [2.75, 3.05) is 0 Å². The average molecular weight is 312 g/mol. The van der Waals surface area contributed by atoms with Crippen molar-refractivity contribution >= 4 is 11.8 Å². The van der Waals surface area contributed by atoms with E-state index in [-0.39, 0.29) is 24.0 Å². The van der Waals surface area contributed by atoms with Gasteiger partial charge in [0.25, 0.3) is 0 Å². The molecule has 0 amide bonds. The predicted octanol–water partition coefficient (Wildman–Crippen LogP) is 3.12. The van der Waals surface area contributed by atoms with Gasteiger partial charge in [-0.25, -0.2) is 4.79 Å². The molecule has 4 heteroatoms. The van der Waals surface area contributed by atoms with Crippen LogP contribution in [0.5, 0.6) is 0 Å². The van der Waals surface area contributed by atoms with Crippen LogP contribution in [0.1, 0.15) is 31.2 Å². The fraction of sp³-hybridized carbons (Fsp3) is 0.368. The van der Waals surface area contributed by atoms with Crippen molar-refractivity contribution in [2.45, 2.75) is 44.3 Å². The molecule has 3 rings (SSSR count). The molecule has 2 aliphatic heterocycles. The van der Waals surface area contributed by atoms with Crippen LogP contribution in [0.3, 0.4) is 0 Å². The number of cyclic esters (lactones) is 1. The Morgan fingerprint density at radius 3 is 2.61 bits per heavy atom. The van der Waals surface area contributed by atoms with E-state index in [0.29, 0.717) is 25.7 Å². The van der Waals surface area contributed by atoms with Crippen LogP contribution in [0.15, 0.2) is 54.3 Å². The minimum atomic E-state index is -0.316. The van der Waals surface area contributed by atoms with Gasteiger partial charge in [-0.15, -0.1) is 0 Å². The topological polar surface area (TPSA) is 52.6 Å². The van der Waals surface area contributed by atoms with Crippen molar-refractivity contribution in [1.82, 2.24) is 0 Å². The first kappa shape index (κ1) is 15.5. The summed E-state index contributed by atoms with van der Waals surface area (Å²) in [6.45, 7) is 0. The molecule has 2 heterocycles. The first-order valence-electron chi connectivity index (χ1n) is 8.00. The van der Waals surface area contributed by atoms with Crippen LogP contribution in [-0.4, -0.2) is 24.0 Å². The van der Waals surface area contributed by atoms with Crippen molar-refractivity contribution in [3.05, 3.63) is 59.9 Å². The fourth-order valence-corrected chi connectivity index (χ4v) is 2.93. The Kier molecular flexibility index (Phi) is 4.91. The van der Waals surface area contributed by atoms with E-state index in [0.717, 1.165) is 12.2 Å². The van der Waals surface area contributed by atoms with Crippen molar-refractivity contribution in [3.63, 3.8) is 0 Å². The standard InChI is InChI=1S/C19H20O4/c20-15-11-17(10-9-14-5-2-1-3-6-14)22-18(12-15)13-16-7-4-8-19(21)23-16/h1-6,8,11,16,18H,7,9-10,12-13H2/t16-,18+/m1/s1. The smallest absolute Gasteiger partial charge is 0.330 e. The second kappa shape index (κ2) is 7.27. The lowest BCUT2D eigenvalue weighted by molar-refractivity contribution is -0.145. The number of esters is 1. The van der Waals surface area contributed by atoms with E-state index in [4.69, 9.17) is 9.47 Å². The van der Waals surface area contributed by atoms with Gasteiger partial charge in [0.15, 0.2) is 5.78 Å². The van der Waals surface area contributed by atoms with E-state index in [1.54, 1.807) is 6.08 Å². The van der Waals surface area contributed by atoms with Gasteiger partial charge in [0, 0.05) is 37.8 Å². The molecule has 0 aromatic heterocycles. The maximum atomic E-state index is 11.9. The Balaban J connectivity index is 1.54. The lowest BCUT2D eigenvalue weighted by Gasteiger charge is -2.28. The third-order valence-electron chi connectivity index (χ3n) is 4.03. The molecule has 0 saturated carbocycles. The molecule has 120 valence electrons. The van der Waals surface area contributed by atoms with E-state index >= 15 is 0 Å². The van der Waals surface area contributed by atoms with E-state index < -0.39 is 0 Å². The SMILES string of the molecule is O=C1C=C(CCc2ccccc2)O[C@H](C[C@H]2CC=CC(=O)O2)C1. The van der Waals surface area contributed by atoms with Crippen LogP contribution in [0.4, 0.5) is 0 Å². The predicted molar refractivity (Wildman–Crippen MR) is 85.6 cm³/mol. The first-order chi connectivity index (χ1) is 11.2. The largest absolute Gasteiger partial charge is 0.494 e. The van der Waals surface area contributed by atoms with Crippen LogP contribution in [0.2, 0.25) is 0 Å². The van der Waals surface area contributed by atoms with Gasteiger partial charge in [0.1, 0.15) is 18.0 Å². The van der Waals surface area contributed by atoms with Crippen LogP contribution in [-0.2, 0) is 25.5 Å². The van der Waals surface area contributed by atoms with Gasteiger partial charge in [-0.1, -0.05) is 36.4 Å². The number of ether oxygens (including phenoxy) is 2. The van der Waals surface area contributed by atoms with E-state index in [1.807, 2.05) is 24.3 Å². The molecule has 0 aliphatic carbocycles. The van der Waals surface area contributed by atoms with Crippen LogP contribution < -0.4 is 0 Å². The lowest BCUT2D eigenvalue weighted by Crippen LogP contribution is -2.30. The van der Waals surface area contributed by atoms with E-state index in [1.165, 1.54) is 11.6 Å². The Morgan fingerprint density at radius 2 is 1.83 bits per heavy atom. The van der Waals surface area contributed by atoms with Crippen molar-refractivity contribution in [3.8, 4) is 0 Å². The summed E-state index contributed by atoms with van der Waals surface area (Å²) >= 11 is 0. The van der Waals surface area contributed by atoms with E-state index in [2.05, 4.69) is 12.1 Å². The van der Waals surface area contributed by atoms with Crippen LogP contribution in [0.25, 0.3) is 0 Å². The third kappa shape index (κ3) is 4.55. The Bertz CT molecular complexity index is 630. The molecule has 23 heavy (non-hydrogen) atoms. The zero-order valence-electron chi connectivity index (χ0n) is 12.9. The van der Waals surface area contributed by atoms with Crippen molar-refractivity contribution in [1.29, 1.82) is 0 Å². The second-order valence-corrected chi connectivity index (χ2v) is 5.94. The molecule has 0 spiro atoms. The highest BCUT2D eigenvalue weighted by molar-refractivity contribution is 5.91. The molecule has 2 aliphatic rings. The number of hydrogen-bond donors (Lipinski definition) is 0. The monoisotopic (exact) mass is 312 g/mol. The van der Waals surface area contributed by atoms with Gasteiger partial charge in [0.2, 0.25) is 0 Å². The molecular formula is C19H20O4. The van der Waals surface area contributed by atoms with Crippen LogP contribution in [0, 0.1) is 0 Å². The van der Waals surface area contributed by atoms with Gasteiger partial charge in [-0.3, -0.25) is 4.79 Å². The number of rotatable bonds is 5. The maximum Gasteiger partial charge on any atom is 0.330 e. The highest BCUT2D eigenvalue weighted by Gasteiger charge is 2.27. The van der Waals surface area contributed by atoms with E-state index in [9.17, 15) is 9.59 Å². The number of hydrogen-bond acceptors (Lipinski definition) is 4. The fourth-order valence-electron chi connectivity index (χ4n) is 2.93. The molecule has 0 N–H and O–H groups in total. The molecule has 4 nitrogen and oxygen atoms in total. The summed E-state index contributed by atoms with van der Waals surface area (Å²) in [4.78, 5) is 23.2. The van der Waals surface area contributed by atoms with Gasteiger partial charge < -0.3 is 9.47 Å². The summed E-state index contributed by atoms with van der Waals surface area (Å²) in [5, 5.41) is 0. The molecule has 0 radical (unpaired) electrons. The quantitative estimate of drug-likeness (QED) is 0.784. The Labute approximate surface area is 135 Å². The normalized spacial score (nSPS) is 23.9. The highest BCUT2D eigenvalue weighted by Crippen LogP contribution is 2.24. The summed E-state index contributed by atoms with van der Waals surface area (Å²) in [6, 6.07) is 10.1. The number of carbonyl (C=O) groups is 2. The number of ketones is 1. The molecule has 1 aromatic carbocycles. The highest BCUT2D eigenvalue weighted by atomic mass is 16.5. The van der Waals surface area contributed by atoms with Crippen molar-refractivity contribution < 1.29 is 19.1 Å². The van der Waals surface area contributed by atoms with Gasteiger partial charge in [0.05, 0.1) is 0 Å². The van der Waals surface area contributed by atoms with Crippen molar-refractivity contribution in [2.24, 2.45) is 0 Å². The number of aryl methyl sites for hydroxylation is 1. The van der Waals surface area contributed by atoms with Gasteiger partial charge >= 0.3 is 5.97 Å². The Hall–Kier alpha value is -2.36. The van der Waals surface area contributed by atoms with Gasteiger partial charge in [-0.2, -0.15) is 0 Å². The number of allylic oxidation sites excluding steroid dienone is 2. The van der Waals surface area contributed by atoms with Crippen LogP contribution >= 0.6 is 0 Å². The maximum absolute atomic E-state index is 11.9. The van der Waals surface area contributed by atoms with Gasteiger partial charge in [-0.05, 0) is 12.0 Å². The molecule has 0 bridgehead atoms. The third-order valence-corrected chi connectivity index (χ3v) is 4.03. The Morgan fingerprint density at radius 1 is 1.00 bits per heavy atom.